The molecule has 1 fully saturated rings. The van der Waals surface area contributed by atoms with Crippen molar-refractivity contribution in [1.82, 2.24) is 24.5 Å². The lowest BCUT2D eigenvalue weighted by Gasteiger charge is -2.30. The summed E-state index contributed by atoms with van der Waals surface area (Å²) in [6, 6.07) is 0. The van der Waals surface area contributed by atoms with E-state index in [1.165, 1.54) is 18.2 Å². The zero-order valence-electron chi connectivity index (χ0n) is 14.4. The van der Waals surface area contributed by atoms with Gasteiger partial charge in [0.1, 0.15) is 0 Å². The predicted molar refractivity (Wildman–Crippen MR) is 95.0 cm³/mol. The minimum absolute atomic E-state index is 0.151. The number of carbonyl (C=O) groups excluding carboxylic acids is 1. The van der Waals surface area contributed by atoms with Crippen molar-refractivity contribution in [1.29, 1.82) is 0 Å². The highest BCUT2D eigenvalue weighted by molar-refractivity contribution is 7.99. The van der Waals surface area contributed by atoms with Gasteiger partial charge in [0, 0.05) is 24.3 Å². The smallest absolute Gasteiger partial charge is 0.233 e. The molecule has 2 aromatic heterocycles. The van der Waals surface area contributed by atoms with E-state index in [1.54, 1.807) is 4.40 Å². The van der Waals surface area contributed by atoms with E-state index in [0.29, 0.717) is 22.8 Å². The Balaban J connectivity index is 1.77. The van der Waals surface area contributed by atoms with Gasteiger partial charge in [-0.3, -0.25) is 4.79 Å². The topological polar surface area (TPSA) is 89.4 Å². The molecule has 0 radical (unpaired) electrons. The Bertz CT molecular complexity index is 759. The maximum absolute atomic E-state index is 12.4. The number of amides is 1. The molecule has 8 heteroatoms. The number of hydrogen-bond acceptors (Lipinski definition) is 6. The van der Waals surface area contributed by atoms with Crippen molar-refractivity contribution < 1.29 is 4.79 Å². The van der Waals surface area contributed by atoms with Crippen LogP contribution in [0.4, 0.5) is 5.95 Å². The lowest BCUT2D eigenvalue weighted by Crippen LogP contribution is -2.40. The van der Waals surface area contributed by atoms with Crippen molar-refractivity contribution in [2.75, 3.05) is 24.6 Å². The molecule has 0 bridgehead atoms. The highest BCUT2D eigenvalue weighted by Gasteiger charge is 2.22. The maximum Gasteiger partial charge on any atom is 0.233 e. The van der Waals surface area contributed by atoms with Gasteiger partial charge in [-0.1, -0.05) is 25.6 Å². The molecule has 7 nitrogen and oxygen atoms in total. The van der Waals surface area contributed by atoms with Crippen molar-refractivity contribution in [3.8, 4) is 0 Å². The molecule has 130 valence electrons. The van der Waals surface area contributed by atoms with Gasteiger partial charge in [-0.2, -0.15) is 0 Å². The van der Waals surface area contributed by atoms with E-state index in [4.69, 9.17) is 5.73 Å². The Morgan fingerprint density at radius 2 is 2.21 bits per heavy atom. The van der Waals surface area contributed by atoms with Gasteiger partial charge in [0.25, 0.3) is 0 Å². The van der Waals surface area contributed by atoms with Crippen LogP contribution in [0.15, 0.2) is 5.16 Å². The van der Waals surface area contributed by atoms with E-state index in [2.05, 4.69) is 29.0 Å². The molecule has 1 atom stereocenters. The largest absolute Gasteiger partial charge is 0.369 e. The third-order valence-electron chi connectivity index (χ3n) is 4.54. The lowest BCUT2D eigenvalue weighted by atomic mass is 10.0. The predicted octanol–water partition coefficient (Wildman–Crippen LogP) is 1.93. The molecular weight excluding hydrogens is 324 g/mol. The lowest BCUT2D eigenvalue weighted by molar-refractivity contribution is -0.130. The number of thioether (sulfide) groups is 1. The van der Waals surface area contributed by atoms with Crippen molar-refractivity contribution in [2.24, 2.45) is 5.92 Å². The van der Waals surface area contributed by atoms with Crippen LogP contribution < -0.4 is 5.73 Å². The number of carbonyl (C=O) groups is 1. The van der Waals surface area contributed by atoms with Crippen LogP contribution in [0.3, 0.4) is 0 Å². The number of rotatable bonds is 4. The van der Waals surface area contributed by atoms with Crippen LogP contribution in [-0.4, -0.2) is 49.2 Å². The number of nitrogens with two attached hydrogens (primary N) is 1. The molecule has 3 heterocycles. The molecule has 0 aliphatic carbocycles. The zero-order chi connectivity index (χ0) is 17.3. The first-order valence-corrected chi connectivity index (χ1v) is 9.40. The van der Waals surface area contributed by atoms with Crippen molar-refractivity contribution in [3.05, 3.63) is 11.3 Å². The van der Waals surface area contributed by atoms with Gasteiger partial charge >= 0.3 is 0 Å². The van der Waals surface area contributed by atoms with E-state index < -0.39 is 0 Å². The number of aromatic nitrogens is 4. The number of likely N-dealkylation sites (tertiary alicyclic amines) is 1. The standard InChI is InChI=1S/C16H24N6OS/c1-4-12-11(3)18-15(17)22-14(12)19-20-16(22)24-9-13(23)21-7-5-6-10(2)8-21/h10H,4-9H2,1-3H3,(H2,17,18)/t10-/m1/s1. The Morgan fingerprint density at radius 1 is 1.42 bits per heavy atom. The molecule has 24 heavy (non-hydrogen) atoms. The van der Waals surface area contributed by atoms with Gasteiger partial charge in [-0.05, 0) is 32.1 Å². The summed E-state index contributed by atoms with van der Waals surface area (Å²) in [4.78, 5) is 18.8. The second-order valence-electron chi connectivity index (χ2n) is 6.40. The first-order chi connectivity index (χ1) is 11.5. The summed E-state index contributed by atoms with van der Waals surface area (Å²) in [5.74, 6) is 1.45. The normalized spacial score (nSPS) is 18.3. The third kappa shape index (κ3) is 3.19. The van der Waals surface area contributed by atoms with Gasteiger partial charge in [0.05, 0.1) is 5.75 Å². The summed E-state index contributed by atoms with van der Waals surface area (Å²) in [6.07, 6.45) is 3.10. The highest BCUT2D eigenvalue weighted by Crippen LogP contribution is 2.24. The first-order valence-electron chi connectivity index (χ1n) is 8.41. The van der Waals surface area contributed by atoms with Crippen molar-refractivity contribution in [2.45, 2.75) is 45.2 Å². The fraction of sp³-hybridized carbons (Fsp3) is 0.625. The number of anilines is 1. The quantitative estimate of drug-likeness (QED) is 0.849. The molecule has 2 aromatic rings. The van der Waals surface area contributed by atoms with Gasteiger partial charge < -0.3 is 10.6 Å². The number of hydrogen-bond donors (Lipinski definition) is 1. The SMILES string of the molecule is CCc1c(C)nc(N)n2c(SCC(=O)N3CCC[C@@H](C)C3)nnc12. The Labute approximate surface area is 146 Å². The third-order valence-corrected chi connectivity index (χ3v) is 5.45. The van der Waals surface area contributed by atoms with Crippen LogP contribution in [0.2, 0.25) is 0 Å². The van der Waals surface area contributed by atoms with Crippen LogP contribution in [0.1, 0.15) is 37.9 Å². The average molecular weight is 348 g/mol. The Morgan fingerprint density at radius 3 is 2.92 bits per heavy atom. The highest BCUT2D eigenvalue weighted by atomic mass is 32.2. The number of fused-ring (bicyclic) bond motifs is 1. The monoisotopic (exact) mass is 348 g/mol. The molecule has 1 saturated heterocycles. The Kier molecular flexibility index (Phi) is 4.93. The molecule has 1 aliphatic heterocycles. The molecule has 3 rings (SSSR count). The van der Waals surface area contributed by atoms with Crippen LogP contribution in [-0.2, 0) is 11.2 Å². The molecule has 0 saturated carbocycles. The van der Waals surface area contributed by atoms with Crippen LogP contribution in [0, 0.1) is 12.8 Å². The fourth-order valence-electron chi connectivity index (χ4n) is 3.26. The average Bonchev–Trinajstić information content (AvgIpc) is 2.97. The summed E-state index contributed by atoms with van der Waals surface area (Å²) in [7, 11) is 0. The molecule has 2 N–H and O–H groups in total. The Hall–Kier alpha value is -1.83. The van der Waals surface area contributed by atoms with Gasteiger partial charge in [0.2, 0.25) is 11.9 Å². The molecule has 0 aromatic carbocycles. The number of nitrogens with zero attached hydrogens (tertiary/aromatic N) is 5. The number of aryl methyl sites for hydroxylation is 2. The van der Waals surface area contributed by atoms with E-state index in [0.717, 1.165) is 42.8 Å². The second-order valence-corrected chi connectivity index (χ2v) is 7.35. The van der Waals surface area contributed by atoms with Gasteiger partial charge in [0.15, 0.2) is 10.8 Å². The van der Waals surface area contributed by atoms with E-state index in [1.807, 2.05) is 11.8 Å². The molecule has 0 spiro atoms. The van der Waals surface area contributed by atoms with Crippen LogP contribution >= 0.6 is 11.8 Å². The molecular formula is C16H24N6OS. The molecule has 0 unspecified atom stereocenters. The fourth-order valence-corrected chi connectivity index (χ4v) is 4.11. The maximum atomic E-state index is 12.4. The van der Waals surface area contributed by atoms with E-state index >= 15 is 0 Å². The minimum atomic E-state index is 0.151. The minimum Gasteiger partial charge on any atom is -0.369 e. The van der Waals surface area contributed by atoms with Crippen LogP contribution in [0.5, 0.6) is 0 Å². The zero-order valence-corrected chi connectivity index (χ0v) is 15.3. The molecule has 1 amide bonds. The van der Waals surface area contributed by atoms with Crippen molar-refractivity contribution >= 4 is 29.3 Å². The summed E-state index contributed by atoms with van der Waals surface area (Å²) < 4.78 is 1.75. The number of piperidine rings is 1. The summed E-state index contributed by atoms with van der Waals surface area (Å²) in [6.45, 7) is 7.89. The second kappa shape index (κ2) is 6.96. The molecule has 1 aliphatic rings. The van der Waals surface area contributed by atoms with Crippen LogP contribution in [0.25, 0.3) is 5.65 Å². The van der Waals surface area contributed by atoms with Gasteiger partial charge in [-0.15, -0.1) is 10.2 Å². The first kappa shape index (κ1) is 17.0. The number of nitrogen functional groups attached to an aromatic ring is 1. The van der Waals surface area contributed by atoms with Crippen molar-refractivity contribution in [3.63, 3.8) is 0 Å². The van der Waals surface area contributed by atoms with E-state index in [-0.39, 0.29) is 5.91 Å². The summed E-state index contributed by atoms with van der Waals surface area (Å²) in [5.41, 5.74) is 8.72. The van der Waals surface area contributed by atoms with E-state index in [9.17, 15) is 4.79 Å². The van der Waals surface area contributed by atoms with Gasteiger partial charge in [-0.25, -0.2) is 9.38 Å². The summed E-state index contributed by atoms with van der Waals surface area (Å²) >= 11 is 1.38. The summed E-state index contributed by atoms with van der Waals surface area (Å²) in [5, 5.41) is 9.11.